The molecule has 1 N–H and O–H groups in total. The van der Waals surface area contributed by atoms with Crippen molar-refractivity contribution in [3.63, 3.8) is 0 Å². The van der Waals surface area contributed by atoms with Crippen molar-refractivity contribution in [1.82, 2.24) is 9.55 Å². The lowest BCUT2D eigenvalue weighted by atomic mass is 10.1. The molecule has 4 rings (SSSR count). The molecule has 3 aromatic rings. The highest BCUT2D eigenvalue weighted by atomic mass is 32.1. The van der Waals surface area contributed by atoms with Gasteiger partial charge in [0.05, 0.1) is 22.0 Å². The van der Waals surface area contributed by atoms with Crippen LogP contribution in [0.25, 0.3) is 10.9 Å². The third kappa shape index (κ3) is 3.50. The van der Waals surface area contributed by atoms with E-state index in [0.717, 1.165) is 12.8 Å². The maximum absolute atomic E-state index is 12.5. The average molecular weight is 408 g/mol. The summed E-state index contributed by atoms with van der Waals surface area (Å²) in [5.74, 6) is -0.513. The van der Waals surface area contributed by atoms with Crippen molar-refractivity contribution in [3.8, 4) is 6.07 Å². The first-order chi connectivity index (χ1) is 14.0. The standard InChI is InChI=1S/C20H16N4O4S/c1-11(17(25)23-18-13(10-21)6-8-29-18)28-20(27)12-4-5-14-15(9-12)22-16-3-2-7-24(16)19(14)26/h4-6,8-9,11H,2-3,7H2,1H3,(H,23,25)/t11-/m1/s1. The zero-order chi connectivity index (χ0) is 20.5. The Morgan fingerprint density at radius 2 is 2.21 bits per heavy atom. The van der Waals surface area contributed by atoms with E-state index in [2.05, 4.69) is 10.3 Å². The molecule has 0 saturated carbocycles. The fourth-order valence-electron chi connectivity index (χ4n) is 3.20. The smallest absolute Gasteiger partial charge is 0.338 e. The van der Waals surface area contributed by atoms with Gasteiger partial charge < -0.3 is 10.1 Å². The number of esters is 1. The van der Waals surface area contributed by atoms with E-state index in [0.29, 0.717) is 33.8 Å². The van der Waals surface area contributed by atoms with Gasteiger partial charge in [0.25, 0.3) is 11.5 Å². The Morgan fingerprint density at radius 3 is 3.00 bits per heavy atom. The van der Waals surface area contributed by atoms with Gasteiger partial charge in [-0.05, 0) is 43.0 Å². The molecule has 1 amide bonds. The van der Waals surface area contributed by atoms with Crippen molar-refractivity contribution in [2.75, 3.05) is 5.32 Å². The first kappa shape index (κ1) is 18.8. The Bertz CT molecular complexity index is 1240. The van der Waals surface area contributed by atoms with Gasteiger partial charge in [-0.1, -0.05) is 0 Å². The molecule has 2 aromatic heterocycles. The molecule has 9 heteroatoms. The molecular weight excluding hydrogens is 392 g/mol. The Balaban J connectivity index is 1.51. The van der Waals surface area contributed by atoms with Crippen molar-refractivity contribution in [3.05, 3.63) is 57.0 Å². The van der Waals surface area contributed by atoms with Crippen LogP contribution in [0.3, 0.4) is 0 Å². The van der Waals surface area contributed by atoms with Crippen LogP contribution in [-0.4, -0.2) is 27.5 Å². The summed E-state index contributed by atoms with van der Waals surface area (Å²) < 4.78 is 6.91. The van der Waals surface area contributed by atoms with Crippen LogP contribution in [0.5, 0.6) is 0 Å². The number of carbonyl (C=O) groups is 2. The molecule has 8 nitrogen and oxygen atoms in total. The molecule has 146 valence electrons. The molecule has 1 aliphatic rings. The third-order valence-electron chi connectivity index (χ3n) is 4.73. The number of ether oxygens (including phenoxy) is 1. The van der Waals surface area contributed by atoms with Gasteiger partial charge in [0, 0.05) is 13.0 Å². The van der Waals surface area contributed by atoms with Crippen molar-refractivity contribution in [2.45, 2.75) is 32.4 Å². The highest BCUT2D eigenvalue weighted by Crippen LogP contribution is 2.22. The zero-order valence-corrected chi connectivity index (χ0v) is 16.3. The number of nitrogens with one attached hydrogen (secondary N) is 1. The number of fused-ring (bicyclic) bond motifs is 2. The SMILES string of the molecule is C[C@@H](OC(=O)c1ccc2c(=O)n3c(nc2c1)CCC3)C(=O)Nc1sccc1C#N. The van der Waals surface area contributed by atoms with Crippen molar-refractivity contribution >= 4 is 39.1 Å². The van der Waals surface area contributed by atoms with Crippen molar-refractivity contribution in [1.29, 1.82) is 5.26 Å². The number of carbonyl (C=O) groups excluding carboxylic acids is 2. The maximum atomic E-state index is 12.5. The quantitative estimate of drug-likeness (QED) is 0.663. The number of benzene rings is 1. The molecule has 1 aromatic carbocycles. The van der Waals surface area contributed by atoms with Gasteiger partial charge in [-0.2, -0.15) is 5.26 Å². The van der Waals surface area contributed by atoms with Crippen LogP contribution in [0, 0.1) is 11.3 Å². The number of aryl methyl sites for hydroxylation is 1. The van der Waals surface area contributed by atoms with Crippen LogP contribution >= 0.6 is 11.3 Å². The van der Waals surface area contributed by atoms with Crippen LogP contribution in [0.1, 0.15) is 35.1 Å². The van der Waals surface area contributed by atoms with E-state index >= 15 is 0 Å². The molecule has 3 heterocycles. The summed E-state index contributed by atoms with van der Waals surface area (Å²) in [6.45, 7) is 2.11. The van der Waals surface area contributed by atoms with E-state index in [1.165, 1.54) is 30.4 Å². The minimum atomic E-state index is -1.06. The molecule has 0 unspecified atom stereocenters. The minimum Gasteiger partial charge on any atom is -0.449 e. The number of nitriles is 1. The molecule has 0 saturated heterocycles. The van der Waals surface area contributed by atoms with Gasteiger partial charge in [-0.3, -0.25) is 14.2 Å². The summed E-state index contributed by atoms with van der Waals surface area (Å²) in [5.41, 5.74) is 0.883. The summed E-state index contributed by atoms with van der Waals surface area (Å²) in [7, 11) is 0. The van der Waals surface area contributed by atoms with Gasteiger partial charge in [0.1, 0.15) is 16.9 Å². The van der Waals surface area contributed by atoms with E-state index in [4.69, 9.17) is 10.00 Å². The van der Waals surface area contributed by atoms with Crippen LogP contribution in [-0.2, 0) is 22.5 Å². The van der Waals surface area contributed by atoms with E-state index in [9.17, 15) is 14.4 Å². The van der Waals surface area contributed by atoms with E-state index in [-0.39, 0.29) is 11.1 Å². The first-order valence-electron chi connectivity index (χ1n) is 9.01. The largest absolute Gasteiger partial charge is 0.449 e. The highest BCUT2D eigenvalue weighted by molar-refractivity contribution is 7.14. The normalized spacial score (nSPS) is 13.5. The summed E-state index contributed by atoms with van der Waals surface area (Å²) in [6, 6.07) is 8.14. The Morgan fingerprint density at radius 1 is 1.38 bits per heavy atom. The van der Waals surface area contributed by atoms with Crippen molar-refractivity contribution in [2.24, 2.45) is 0 Å². The number of thiophene rings is 1. The van der Waals surface area contributed by atoms with Gasteiger partial charge >= 0.3 is 5.97 Å². The number of anilines is 1. The first-order valence-corrected chi connectivity index (χ1v) is 9.89. The van der Waals surface area contributed by atoms with Crippen molar-refractivity contribution < 1.29 is 14.3 Å². The molecule has 0 aliphatic carbocycles. The van der Waals surface area contributed by atoms with E-state index in [1.807, 2.05) is 6.07 Å². The lowest BCUT2D eigenvalue weighted by molar-refractivity contribution is -0.123. The fraction of sp³-hybridized carbons (Fsp3) is 0.250. The van der Waals surface area contributed by atoms with Crippen LogP contribution < -0.4 is 10.9 Å². The van der Waals surface area contributed by atoms with Gasteiger partial charge in [-0.15, -0.1) is 11.3 Å². The Kier molecular flexibility index (Phi) is 4.86. The highest BCUT2D eigenvalue weighted by Gasteiger charge is 2.22. The lowest BCUT2D eigenvalue weighted by Crippen LogP contribution is -2.30. The number of aromatic nitrogens is 2. The molecule has 1 aliphatic heterocycles. The molecule has 0 fully saturated rings. The summed E-state index contributed by atoms with van der Waals surface area (Å²) >= 11 is 1.21. The predicted molar refractivity (Wildman–Crippen MR) is 107 cm³/mol. The average Bonchev–Trinajstić information content (AvgIpc) is 3.36. The molecule has 1 atom stereocenters. The second kappa shape index (κ2) is 7.48. The number of nitrogens with zero attached hydrogens (tertiary/aromatic N) is 3. The number of hydrogen-bond acceptors (Lipinski definition) is 7. The van der Waals surface area contributed by atoms with Crippen LogP contribution in [0.4, 0.5) is 5.00 Å². The van der Waals surface area contributed by atoms with Crippen LogP contribution in [0.2, 0.25) is 0 Å². The Labute approximate surface area is 169 Å². The van der Waals surface area contributed by atoms with Gasteiger partial charge in [-0.25, -0.2) is 9.78 Å². The number of amides is 1. The maximum Gasteiger partial charge on any atom is 0.338 e. The molecule has 0 spiro atoms. The van der Waals surface area contributed by atoms with Gasteiger partial charge in [0.2, 0.25) is 0 Å². The third-order valence-corrected chi connectivity index (χ3v) is 5.56. The molecule has 0 radical (unpaired) electrons. The lowest BCUT2D eigenvalue weighted by Gasteiger charge is -2.13. The van der Waals surface area contributed by atoms with Crippen LogP contribution in [0.15, 0.2) is 34.4 Å². The summed E-state index contributed by atoms with van der Waals surface area (Å²) in [4.78, 5) is 41.8. The van der Waals surface area contributed by atoms with E-state index in [1.54, 1.807) is 22.1 Å². The minimum absolute atomic E-state index is 0.112. The molecular formula is C20H16N4O4S. The predicted octanol–water partition coefficient (Wildman–Crippen LogP) is 2.46. The summed E-state index contributed by atoms with van der Waals surface area (Å²) in [6.07, 6.45) is 0.535. The zero-order valence-electron chi connectivity index (χ0n) is 15.5. The van der Waals surface area contributed by atoms with E-state index < -0.39 is 18.0 Å². The number of rotatable bonds is 4. The second-order valence-corrected chi connectivity index (χ2v) is 7.55. The fourth-order valence-corrected chi connectivity index (χ4v) is 3.94. The topological polar surface area (TPSA) is 114 Å². The summed E-state index contributed by atoms with van der Waals surface area (Å²) in [5, 5.41) is 14.1. The second-order valence-electron chi connectivity index (χ2n) is 6.63. The monoisotopic (exact) mass is 408 g/mol. The molecule has 29 heavy (non-hydrogen) atoms. The molecule has 0 bridgehead atoms. The number of hydrogen-bond donors (Lipinski definition) is 1. The van der Waals surface area contributed by atoms with Gasteiger partial charge in [0.15, 0.2) is 6.10 Å². The Hall–Kier alpha value is -3.51.